The number of carbonyl (C=O) groups excluding carboxylic acids is 2. The molecule has 0 radical (unpaired) electrons. The Bertz CT molecular complexity index is 1070. The lowest BCUT2D eigenvalue weighted by Gasteiger charge is -2.30. The molecule has 1 N–H and O–H groups in total. The van der Waals surface area contributed by atoms with E-state index in [1.165, 1.54) is 38.1 Å². The van der Waals surface area contributed by atoms with Gasteiger partial charge in [0.05, 0.1) is 24.7 Å². The van der Waals surface area contributed by atoms with E-state index in [-0.39, 0.29) is 24.3 Å². The van der Waals surface area contributed by atoms with Crippen molar-refractivity contribution in [1.82, 2.24) is 5.32 Å². The van der Waals surface area contributed by atoms with Crippen molar-refractivity contribution in [3.05, 3.63) is 80.4 Å². The molecule has 1 aliphatic heterocycles. The van der Waals surface area contributed by atoms with Gasteiger partial charge in [0.15, 0.2) is 0 Å². The highest BCUT2D eigenvalue weighted by atomic mass is 35.5. The minimum atomic E-state index is -4.62. The van der Waals surface area contributed by atoms with E-state index in [2.05, 4.69) is 5.32 Å². The fourth-order valence-corrected chi connectivity index (χ4v) is 4.46. The van der Waals surface area contributed by atoms with E-state index in [0.29, 0.717) is 5.02 Å². The molecular weight excluding hydrogens is 493 g/mol. The molecule has 0 aromatic heterocycles. The van der Waals surface area contributed by atoms with Crippen LogP contribution < -0.4 is 5.32 Å². The Labute approximate surface area is 203 Å². The van der Waals surface area contributed by atoms with Crippen LogP contribution in [0.15, 0.2) is 48.5 Å². The Morgan fingerprint density at radius 1 is 1.00 bits per heavy atom. The van der Waals surface area contributed by atoms with Gasteiger partial charge in [0.1, 0.15) is 6.04 Å². The molecule has 188 valence electrons. The first-order chi connectivity index (χ1) is 16.5. The molecule has 0 bridgehead atoms. The van der Waals surface area contributed by atoms with Gasteiger partial charge in [-0.3, -0.25) is 15.4 Å². The predicted octanol–water partition coefficient (Wildman–Crippen LogP) is 4.30. The van der Waals surface area contributed by atoms with Crippen LogP contribution in [0.4, 0.5) is 13.2 Å². The summed E-state index contributed by atoms with van der Waals surface area (Å²) in [5.74, 6) is -3.63. The second-order valence-electron chi connectivity index (χ2n) is 7.80. The molecule has 8 nitrogen and oxygen atoms in total. The van der Waals surface area contributed by atoms with Crippen LogP contribution in [0.5, 0.6) is 0 Å². The van der Waals surface area contributed by atoms with Gasteiger partial charge in [0.25, 0.3) is 0 Å². The number of ether oxygens (including phenoxy) is 2. The molecule has 1 aliphatic rings. The smallest absolute Gasteiger partial charge is 0.416 e. The van der Waals surface area contributed by atoms with Gasteiger partial charge in [-0.05, 0) is 49.2 Å². The zero-order valence-electron chi connectivity index (χ0n) is 18.7. The molecule has 0 unspecified atom stereocenters. The zero-order valence-corrected chi connectivity index (χ0v) is 19.4. The normalized spacial score (nSPS) is 21.4. The Morgan fingerprint density at radius 2 is 1.49 bits per heavy atom. The first kappa shape index (κ1) is 26.4. The van der Waals surface area contributed by atoms with Gasteiger partial charge in [0, 0.05) is 9.95 Å². The Morgan fingerprint density at radius 3 is 1.91 bits per heavy atom. The molecule has 3 rings (SSSR count). The van der Waals surface area contributed by atoms with Gasteiger partial charge in [-0.25, -0.2) is 9.59 Å². The van der Waals surface area contributed by atoms with Crippen molar-refractivity contribution in [2.45, 2.75) is 43.6 Å². The highest BCUT2D eigenvalue weighted by Crippen LogP contribution is 2.47. The number of hydrogen-bond donors (Lipinski definition) is 1. The Hall–Kier alpha value is -3.18. The van der Waals surface area contributed by atoms with Crippen LogP contribution in [0.3, 0.4) is 0 Å². The number of hydrogen-bond acceptors (Lipinski definition) is 7. The summed E-state index contributed by atoms with van der Waals surface area (Å²) in [5, 5.41) is 15.4. The molecule has 2 aromatic rings. The molecule has 3 atom stereocenters. The largest absolute Gasteiger partial charge is 0.464 e. The Balaban J connectivity index is 2.25. The molecule has 1 heterocycles. The van der Waals surface area contributed by atoms with Crippen LogP contribution in [-0.4, -0.2) is 41.7 Å². The summed E-state index contributed by atoms with van der Waals surface area (Å²) >= 11 is 5.96. The molecule has 0 saturated carbocycles. The van der Waals surface area contributed by atoms with Crippen LogP contribution in [0, 0.1) is 10.1 Å². The number of esters is 2. The van der Waals surface area contributed by atoms with E-state index >= 15 is 0 Å². The fourth-order valence-electron chi connectivity index (χ4n) is 4.33. The van der Waals surface area contributed by atoms with E-state index in [9.17, 15) is 32.9 Å². The van der Waals surface area contributed by atoms with Gasteiger partial charge in [-0.15, -0.1) is 0 Å². The maximum atomic E-state index is 13.3. The van der Waals surface area contributed by atoms with E-state index in [1.54, 1.807) is 0 Å². The number of halogens is 4. The molecule has 1 fully saturated rings. The molecule has 0 spiro atoms. The number of benzene rings is 2. The van der Waals surface area contributed by atoms with E-state index in [0.717, 1.165) is 24.3 Å². The second kappa shape index (κ2) is 10.2. The van der Waals surface area contributed by atoms with Crippen molar-refractivity contribution in [2.24, 2.45) is 0 Å². The predicted molar refractivity (Wildman–Crippen MR) is 118 cm³/mol. The highest BCUT2D eigenvalue weighted by Gasteiger charge is 2.69. The number of rotatable bonds is 7. The first-order valence-corrected chi connectivity index (χ1v) is 11.0. The number of nitro groups is 1. The minimum Gasteiger partial charge on any atom is -0.464 e. The van der Waals surface area contributed by atoms with Gasteiger partial charge in [-0.1, -0.05) is 35.9 Å². The summed E-state index contributed by atoms with van der Waals surface area (Å²) in [6.45, 7) is 2.73. The number of nitrogens with one attached hydrogen (secondary N) is 1. The SMILES string of the molecule is CCOC(=O)C1(C(=O)OCC)N[C@H](c2ccc(C(F)(F)F)cc2)[C@H]([N+](=O)[O-])[C@H]1c1ccc(Cl)cc1. The Kier molecular flexibility index (Phi) is 7.71. The molecule has 1 saturated heterocycles. The molecule has 35 heavy (non-hydrogen) atoms. The summed E-state index contributed by atoms with van der Waals surface area (Å²) in [7, 11) is 0. The minimum absolute atomic E-state index is 0.0779. The van der Waals surface area contributed by atoms with Gasteiger partial charge in [0.2, 0.25) is 11.6 Å². The average Bonchev–Trinajstić information content (AvgIpc) is 3.17. The molecule has 12 heteroatoms. The second-order valence-corrected chi connectivity index (χ2v) is 8.23. The standard InChI is InChI=1S/C23H22ClF3N2O6/c1-3-34-20(30)22(21(31)35-4-2)17(13-7-11-16(24)12-8-13)19(29(32)33)18(28-22)14-5-9-15(10-6-14)23(25,26)27/h5-12,17-19,28H,3-4H2,1-2H3/t17-,18-,19-/m1/s1. The van der Waals surface area contributed by atoms with E-state index < -0.39 is 52.1 Å². The van der Waals surface area contributed by atoms with Crippen molar-refractivity contribution in [1.29, 1.82) is 0 Å². The lowest BCUT2D eigenvalue weighted by Crippen LogP contribution is -2.60. The third-order valence-corrected chi connectivity index (χ3v) is 6.05. The van der Waals surface area contributed by atoms with Crippen LogP contribution in [0.25, 0.3) is 0 Å². The fraction of sp³-hybridized carbons (Fsp3) is 0.391. The lowest BCUT2D eigenvalue weighted by molar-refractivity contribution is -0.527. The third-order valence-electron chi connectivity index (χ3n) is 5.80. The van der Waals surface area contributed by atoms with E-state index in [1.807, 2.05) is 0 Å². The summed E-state index contributed by atoms with van der Waals surface area (Å²) in [6.07, 6.45) is -4.62. The summed E-state index contributed by atoms with van der Waals surface area (Å²) in [5.41, 5.74) is -2.99. The maximum Gasteiger partial charge on any atom is 0.416 e. The lowest BCUT2D eigenvalue weighted by atomic mass is 9.77. The number of carbonyl (C=O) groups is 2. The number of alkyl halides is 3. The van der Waals surface area contributed by atoms with Crippen LogP contribution in [0.1, 0.15) is 42.5 Å². The molecule has 2 aromatic carbocycles. The monoisotopic (exact) mass is 514 g/mol. The van der Waals surface area contributed by atoms with Crippen molar-refractivity contribution in [3.8, 4) is 0 Å². The topological polar surface area (TPSA) is 108 Å². The molecular formula is C23H22ClF3N2O6. The van der Waals surface area contributed by atoms with E-state index in [4.69, 9.17) is 21.1 Å². The summed E-state index contributed by atoms with van der Waals surface area (Å²) in [6, 6.07) is 6.48. The van der Waals surface area contributed by atoms with Crippen LogP contribution >= 0.6 is 11.6 Å². The van der Waals surface area contributed by atoms with Gasteiger partial charge in [-0.2, -0.15) is 13.2 Å². The number of nitrogens with zero attached hydrogens (tertiary/aromatic N) is 1. The molecule has 0 amide bonds. The highest BCUT2D eigenvalue weighted by molar-refractivity contribution is 6.30. The summed E-state index contributed by atoms with van der Waals surface area (Å²) < 4.78 is 49.5. The summed E-state index contributed by atoms with van der Waals surface area (Å²) in [4.78, 5) is 38.3. The quantitative estimate of drug-likeness (QED) is 0.254. The van der Waals surface area contributed by atoms with Crippen molar-refractivity contribution in [3.63, 3.8) is 0 Å². The third kappa shape index (κ3) is 4.96. The van der Waals surface area contributed by atoms with Gasteiger partial charge >= 0.3 is 18.1 Å². The van der Waals surface area contributed by atoms with Crippen molar-refractivity contribution in [2.75, 3.05) is 13.2 Å². The first-order valence-electron chi connectivity index (χ1n) is 10.7. The zero-order chi connectivity index (χ0) is 26.0. The average molecular weight is 515 g/mol. The van der Waals surface area contributed by atoms with Crippen LogP contribution in [-0.2, 0) is 25.2 Å². The molecule has 0 aliphatic carbocycles. The van der Waals surface area contributed by atoms with Crippen LogP contribution in [0.2, 0.25) is 5.02 Å². The van der Waals surface area contributed by atoms with Gasteiger partial charge < -0.3 is 9.47 Å². The maximum absolute atomic E-state index is 13.3. The van der Waals surface area contributed by atoms with Crippen molar-refractivity contribution >= 4 is 23.5 Å². The van der Waals surface area contributed by atoms with Crippen molar-refractivity contribution < 1.29 is 37.2 Å².